The van der Waals surface area contributed by atoms with Crippen molar-refractivity contribution in [3.63, 3.8) is 0 Å². The Morgan fingerprint density at radius 2 is 1.06 bits per heavy atom. The summed E-state index contributed by atoms with van der Waals surface area (Å²) in [6.45, 7) is 0.00827. The maximum absolute atomic E-state index is 10.6. The van der Waals surface area contributed by atoms with Gasteiger partial charge in [0, 0.05) is 0 Å². The van der Waals surface area contributed by atoms with E-state index in [-0.39, 0.29) is 0 Å². The van der Waals surface area contributed by atoms with Crippen molar-refractivity contribution in [3.8, 4) is 0 Å². The predicted octanol–water partition coefficient (Wildman–Crippen LogP) is -6.55. The van der Waals surface area contributed by atoms with E-state index in [2.05, 4.69) is 0 Å². The number of rotatable bonds is 6. The summed E-state index contributed by atoms with van der Waals surface area (Å²) in [4.78, 5) is 0. The molecule has 194 valence electrons. The van der Waals surface area contributed by atoms with Crippen LogP contribution in [0.3, 0.4) is 0 Å². The first-order chi connectivity index (χ1) is 15.5. The zero-order chi connectivity index (χ0) is 24.6. The second-order valence-electron chi connectivity index (χ2n) is 8.32. The van der Waals surface area contributed by atoms with Gasteiger partial charge in [-0.2, -0.15) is 0 Å². The normalized spacial score (nSPS) is 53.7. The van der Waals surface area contributed by atoms with Crippen LogP contribution in [0, 0.1) is 0 Å². The first-order valence-corrected chi connectivity index (χ1v) is 10.4. The summed E-state index contributed by atoms with van der Waals surface area (Å²) in [5.74, 6) is 0. The number of ether oxygens (including phenoxy) is 5. The highest BCUT2D eigenvalue weighted by Crippen LogP contribution is 2.31. The molecule has 3 aliphatic rings. The predicted molar refractivity (Wildman–Crippen MR) is 99.8 cm³/mol. The topological polar surface area (TPSA) is 248 Å². The van der Waals surface area contributed by atoms with Crippen LogP contribution in [0.25, 0.3) is 0 Å². The fraction of sp³-hybridized carbons (Fsp3) is 1.00. The molecule has 3 rings (SSSR count). The minimum atomic E-state index is -1.82. The Balaban J connectivity index is 1.67. The molecule has 15 atom stereocenters. The Kier molecular flexibility index (Phi) is 8.99. The summed E-state index contributed by atoms with van der Waals surface area (Å²) in [5.41, 5.74) is 0. The standard InChI is InChI=1S/C18H32O15/c1-4-14(32-18-11(25)9(23)7(21)5(2-19)31-18)10(24)12(26)17(29-4)33-15-8(22)6(3-20)30-16(28)13(15)27/h4-28H,2-3H2,1H3/t4-,5+,6+,7+,8-,9-,10-,11-,12+,13+,14-,15-,16-,17-,18+/m0/s1. The van der Waals surface area contributed by atoms with Crippen molar-refractivity contribution in [3.05, 3.63) is 0 Å². The van der Waals surface area contributed by atoms with E-state index < -0.39 is 105 Å². The molecule has 3 saturated heterocycles. The van der Waals surface area contributed by atoms with E-state index in [9.17, 15) is 51.1 Å². The maximum Gasteiger partial charge on any atom is 0.187 e. The molecule has 0 aromatic heterocycles. The molecule has 0 aromatic carbocycles. The van der Waals surface area contributed by atoms with Gasteiger partial charge in [-0.25, -0.2) is 0 Å². The maximum atomic E-state index is 10.6. The Bertz CT molecular complexity index is 624. The van der Waals surface area contributed by atoms with Crippen LogP contribution in [0.5, 0.6) is 0 Å². The summed E-state index contributed by atoms with van der Waals surface area (Å²) in [6.07, 6.45) is -23.5. The second-order valence-corrected chi connectivity index (χ2v) is 8.32. The van der Waals surface area contributed by atoms with Crippen molar-refractivity contribution in [1.29, 1.82) is 0 Å². The summed E-state index contributed by atoms with van der Waals surface area (Å²) >= 11 is 0. The third kappa shape index (κ3) is 5.32. The molecule has 15 nitrogen and oxygen atoms in total. The van der Waals surface area contributed by atoms with Gasteiger partial charge < -0.3 is 74.7 Å². The quantitative estimate of drug-likeness (QED) is 0.167. The third-order valence-corrected chi connectivity index (χ3v) is 6.05. The molecule has 3 fully saturated rings. The van der Waals surface area contributed by atoms with Crippen molar-refractivity contribution >= 4 is 0 Å². The van der Waals surface area contributed by atoms with Crippen molar-refractivity contribution in [2.75, 3.05) is 13.2 Å². The van der Waals surface area contributed by atoms with Gasteiger partial charge in [-0.3, -0.25) is 0 Å². The highest BCUT2D eigenvalue weighted by Gasteiger charge is 2.52. The van der Waals surface area contributed by atoms with Crippen molar-refractivity contribution in [2.45, 2.75) is 99.0 Å². The molecule has 0 bridgehead atoms. The number of hydrogen-bond donors (Lipinski definition) is 10. The Hall–Kier alpha value is -0.600. The van der Waals surface area contributed by atoms with Crippen LogP contribution in [0.4, 0.5) is 0 Å². The van der Waals surface area contributed by atoms with Crippen LogP contribution in [-0.2, 0) is 23.7 Å². The fourth-order valence-electron chi connectivity index (χ4n) is 4.02. The lowest BCUT2D eigenvalue weighted by Gasteiger charge is -2.47. The van der Waals surface area contributed by atoms with E-state index in [1.807, 2.05) is 0 Å². The first-order valence-electron chi connectivity index (χ1n) is 10.4. The third-order valence-electron chi connectivity index (χ3n) is 6.05. The van der Waals surface area contributed by atoms with Gasteiger partial charge in [0.05, 0.1) is 19.3 Å². The lowest BCUT2D eigenvalue weighted by atomic mass is 9.96. The molecule has 0 aromatic rings. The molecule has 0 unspecified atom stereocenters. The van der Waals surface area contributed by atoms with Crippen LogP contribution < -0.4 is 0 Å². The summed E-state index contributed by atoms with van der Waals surface area (Å²) < 4.78 is 26.5. The molecule has 0 radical (unpaired) electrons. The molecule has 0 spiro atoms. The summed E-state index contributed by atoms with van der Waals surface area (Å²) in [6, 6.07) is 0. The monoisotopic (exact) mass is 488 g/mol. The zero-order valence-corrected chi connectivity index (χ0v) is 17.6. The largest absolute Gasteiger partial charge is 0.394 e. The van der Waals surface area contributed by atoms with E-state index in [0.29, 0.717) is 0 Å². The molecule has 10 N–H and O–H groups in total. The Morgan fingerprint density at radius 1 is 0.545 bits per heavy atom. The number of aliphatic hydroxyl groups excluding tert-OH is 10. The minimum Gasteiger partial charge on any atom is -0.394 e. The van der Waals surface area contributed by atoms with Gasteiger partial charge in [-0.05, 0) is 6.92 Å². The van der Waals surface area contributed by atoms with E-state index in [0.717, 1.165) is 0 Å². The van der Waals surface area contributed by atoms with Gasteiger partial charge in [0.25, 0.3) is 0 Å². The van der Waals surface area contributed by atoms with E-state index >= 15 is 0 Å². The second kappa shape index (κ2) is 11.0. The van der Waals surface area contributed by atoms with E-state index in [4.69, 9.17) is 23.7 Å². The van der Waals surface area contributed by atoms with E-state index in [1.165, 1.54) is 6.92 Å². The van der Waals surface area contributed by atoms with Crippen LogP contribution in [0.15, 0.2) is 0 Å². The minimum absolute atomic E-state index is 0.695. The lowest BCUT2D eigenvalue weighted by Crippen LogP contribution is -2.65. The molecule has 0 saturated carbocycles. The summed E-state index contributed by atoms with van der Waals surface area (Å²) in [7, 11) is 0. The lowest BCUT2D eigenvalue weighted by molar-refractivity contribution is -0.374. The first kappa shape index (κ1) is 27.0. The van der Waals surface area contributed by atoms with E-state index in [1.54, 1.807) is 0 Å². The van der Waals surface area contributed by atoms with Crippen LogP contribution in [-0.4, -0.2) is 156 Å². The van der Waals surface area contributed by atoms with Crippen LogP contribution in [0.1, 0.15) is 6.92 Å². The van der Waals surface area contributed by atoms with Crippen molar-refractivity contribution in [1.82, 2.24) is 0 Å². The van der Waals surface area contributed by atoms with Crippen molar-refractivity contribution < 1.29 is 74.7 Å². The molecule has 3 heterocycles. The molecule has 3 aliphatic heterocycles. The smallest absolute Gasteiger partial charge is 0.187 e. The molecule has 0 aliphatic carbocycles. The SMILES string of the molecule is C[C@@H]1O[C@@H](O[C@@H]2[C@@H](O)[C@@H](O)O[C@H](CO)[C@@H]2O)[C@H](O)[C@H](O)[C@H]1O[C@H]1O[C@H](CO)[C@@H](O)[C@H](O)[C@@H]1O. The van der Waals surface area contributed by atoms with Gasteiger partial charge >= 0.3 is 0 Å². The highest BCUT2D eigenvalue weighted by molar-refractivity contribution is 4.95. The molecular formula is C18H32O15. The van der Waals surface area contributed by atoms with Crippen molar-refractivity contribution in [2.24, 2.45) is 0 Å². The zero-order valence-electron chi connectivity index (χ0n) is 17.6. The molecule has 15 heteroatoms. The van der Waals surface area contributed by atoms with Gasteiger partial charge in [0.15, 0.2) is 18.9 Å². The molecule has 0 amide bonds. The van der Waals surface area contributed by atoms with Gasteiger partial charge in [-0.15, -0.1) is 0 Å². The average Bonchev–Trinajstić information content (AvgIpc) is 2.79. The van der Waals surface area contributed by atoms with Crippen LogP contribution in [0.2, 0.25) is 0 Å². The fourth-order valence-corrected chi connectivity index (χ4v) is 4.02. The van der Waals surface area contributed by atoms with Gasteiger partial charge in [0.2, 0.25) is 0 Å². The Morgan fingerprint density at radius 3 is 1.67 bits per heavy atom. The molecular weight excluding hydrogens is 456 g/mol. The highest BCUT2D eigenvalue weighted by atomic mass is 16.7. The number of hydrogen-bond acceptors (Lipinski definition) is 15. The summed E-state index contributed by atoms with van der Waals surface area (Å²) in [5, 5.41) is 99.5. The number of aliphatic hydroxyl groups is 10. The van der Waals surface area contributed by atoms with Crippen LogP contribution >= 0.6 is 0 Å². The van der Waals surface area contributed by atoms with Gasteiger partial charge in [0.1, 0.15) is 67.1 Å². The molecule has 33 heavy (non-hydrogen) atoms. The van der Waals surface area contributed by atoms with Gasteiger partial charge in [-0.1, -0.05) is 0 Å². The average molecular weight is 488 g/mol. The Labute approximate surface area is 187 Å².